The monoisotopic (exact) mass is 395 g/mol. The number of ether oxygens (including phenoxy) is 1. The number of carbonyl (C=O) groups is 2. The minimum absolute atomic E-state index is 0.0912. The second-order valence-electron chi connectivity index (χ2n) is 7.13. The highest BCUT2D eigenvalue weighted by Gasteiger charge is 2.08. The molecule has 6 nitrogen and oxygen atoms in total. The van der Waals surface area contributed by atoms with Crippen LogP contribution in [0.25, 0.3) is 0 Å². The van der Waals surface area contributed by atoms with Gasteiger partial charge in [0.1, 0.15) is 5.75 Å². The van der Waals surface area contributed by atoms with Crippen LogP contribution in [0.15, 0.2) is 54.7 Å². The van der Waals surface area contributed by atoms with E-state index in [-0.39, 0.29) is 18.4 Å². The summed E-state index contributed by atoms with van der Waals surface area (Å²) < 4.78 is 5.51. The summed E-state index contributed by atoms with van der Waals surface area (Å²) in [5, 5.41) is 5.52. The van der Waals surface area contributed by atoms with Crippen LogP contribution >= 0.6 is 0 Å². The molecule has 0 saturated carbocycles. The van der Waals surface area contributed by atoms with E-state index in [0.29, 0.717) is 30.0 Å². The van der Waals surface area contributed by atoms with Gasteiger partial charge in [-0.25, -0.2) is 0 Å². The van der Waals surface area contributed by atoms with Crippen molar-refractivity contribution < 1.29 is 14.3 Å². The van der Waals surface area contributed by atoms with Crippen molar-refractivity contribution in [3.63, 3.8) is 0 Å². The predicted molar refractivity (Wildman–Crippen MR) is 116 cm³/mol. The maximum atomic E-state index is 12.2. The largest absolute Gasteiger partial charge is 0.484 e. The first kappa shape index (κ1) is 22.0. The van der Waals surface area contributed by atoms with Crippen LogP contribution in [0.3, 0.4) is 0 Å². The lowest BCUT2D eigenvalue weighted by Crippen LogP contribution is -2.31. The Bertz CT molecular complexity index is 873. The van der Waals surface area contributed by atoms with Crippen LogP contribution < -0.4 is 20.3 Å². The molecule has 0 heterocycles. The van der Waals surface area contributed by atoms with Crippen LogP contribution in [0, 0.1) is 13.8 Å². The molecule has 154 valence electrons. The molecule has 0 fully saturated rings. The molecule has 2 aromatic rings. The van der Waals surface area contributed by atoms with Gasteiger partial charge in [0, 0.05) is 44.0 Å². The van der Waals surface area contributed by atoms with Gasteiger partial charge in [0.15, 0.2) is 6.61 Å². The summed E-state index contributed by atoms with van der Waals surface area (Å²) in [7, 11) is 3.89. The average molecular weight is 396 g/mol. The zero-order valence-corrected chi connectivity index (χ0v) is 17.5. The molecule has 0 aliphatic carbocycles. The van der Waals surface area contributed by atoms with E-state index < -0.39 is 0 Å². The van der Waals surface area contributed by atoms with E-state index >= 15 is 0 Å². The number of carbonyl (C=O) groups excluding carboxylic acids is 2. The molecule has 2 N–H and O–H groups in total. The fourth-order valence-electron chi connectivity index (χ4n) is 2.59. The first-order chi connectivity index (χ1) is 13.8. The van der Waals surface area contributed by atoms with E-state index in [1.165, 1.54) is 5.56 Å². The maximum absolute atomic E-state index is 12.2. The topological polar surface area (TPSA) is 70.7 Å². The molecule has 0 atom stereocenters. The van der Waals surface area contributed by atoms with Gasteiger partial charge in [-0.15, -0.1) is 0 Å². The third-order valence-corrected chi connectivity index (χ3v) is 4.52. The van der Waals surface area contributed by atoms with E-state index in [1.54, 1.807) is 12.1 Å². The van der Waals surface area contributed by atoms with E-state index in [9.17, 15) is 9.59 Å². The van der Waals surface area contributed by atoms with Crippen LogP contribution in [0.5, 0.6) is 5.75 Å². The number of anilines is 1. The van der Waals surface area contributed by atoms with Crippen LogP contribution in [-0.2, 0) is 4.79 Å². The van der Waals surface area contributed by atoms with Gasteiger partial charge in [-0.05, 0) is 61.4 Å². The van der Waals surface area contributed by atoms with Crippen molar-refractivity contribution in [2.45, 2.75) is 20.3 Å². The molecule has 0 unspecified atom stereocenters. The van der Waals surface area contributed by atoms with Crippen molar-refractivity contribution in [1.29, 1.82) is 0 Å². The van der Waals surface area contributed by atoms with Gasteiger partial charge in [-0.3, -0.25) is 9.59 Å². The highest BCUT2D eigenvalue weighted by molar-refractivity contribution is 5.94. The number of hydrogen-bond acceptors (Lipinski definition) is 4. The second-order valence-corrected chi connectivity index (χ2v) is 7.13. The lowest BCUT2D eigenvalue weighted by Gasteiger charge is -2.13. The number of nitrogens with zero attached hydrogens (tertiary/aromatic N) is 1. The summed E-state index contributed by atoms with van der Waals surface area (Å²) >= 11 is 0. The van der Waals surface area contributed by atoms with Crippen LogP contribution in [0.1, 0.15) is 27.9 Å². The van der Waals surface area contributed by atoms with Crippen molar-refractivity contribution in [2.24, 2.45) is 0 Å². The van der Waals surface area contributed by atoms with E-state index in [4.69, 9.17) is 4.74 Å². The molecule has 0 radical (unpaired) electrons. The maximum Gasteiger partial charge on any atom is 0.262 e. The van der Waals surface area contributed by atoms with Gasteiger partial charge < -0.3 is 20.3 Å². The molecular weight excluding hydrogens is 366 g/mol. The third kappa shape index (κ3) is 6.99. The van der Waals surface area contributed by atoms with Crippen molar-refractivity contribution in [1.82, 2.24) is 10.6 Å². The van der Waals surface area contributed by atoms with Gasteiger partial charge in [0.25, 0.3) is 11.8 Å². The average Bonchev–Trinajstić information content (AvgIpc) is 2.68. The molecule has 0 aromatic heterocycles. The Kier molecular flexibility index (Phi) is 7.83. The summed E-state index contributed by atoms with van der Waals surface area (Å²) in [5.41, 5.74) is 4.43. The number of rotatable bonds is 9. The Labute approximate surface area is 172 Å². The third-order valence-electron chi connectivity index (χ3n) is 4.52. The molecule has 2 rings (SSSR count). The van der Waals surface area contributed by atoms with Crippen LogP contribution in [-0.4, -0.2) is 39.1 Å². The van der Waals surface area contributed by atoms with E-state index in [1.807, 2.05) is 63.2 Å². The Hall–Kier alpha value is -3.28. The fraction of sp³-hybridized carbons (Fsp3) is 0.304. The summed E-state index contributed by atoms with van der Waals surface area (Å²) in [6.07, 6.45) is 0.441. The first-order valence-electron chi connectivity index (χ1n) is 9.49. The van der Waals surface area contributed by atoms with Crippen molar-refractivity contribution in [3.05, 3.63) is 71.4 Å². The molecule has 0 aliphatic heterocycles. The smallest absolute Gasteiger partial charge is 0.262 e. The second kappa shape index (κ2) is 10.3. The number of nitrogens with one attached hydrogen (secondary N) is 2. The molecule has 0 bridgehead atoms. The van der Waals surface area contributed by atoms with Gasteiger partial charge in [-0.1, -0.05) is 12.6 Å². The molecular formula is C23H29N3O3. The van der Waals surface area contributed by atoms with Gasteiger partial charge >= 0.3 is 0 Å². The molecule has 0 aliphatic rings. The molecule has 6 heteroatoms. The van der Waals surface area contributed by atoms with Crippen molar-refractivity contribution in [2.75, 3.05) is 32.1 Å². The summed E-state index contributed by atoms with van der Waals surface area (Å²) in [6.45, 7) is 8.14. The molecule has 2 aromatic carbocycles. The molecule has 0 spiro atoms. The normalized spacial score (nSPS) is 10.2. The van der Waals surface area contributed by atoms with Gasteiger partial charge in [0.05, 0.1) is 0 Å². The van der Waals surface area contributed by atoms with E-state index in [0.717, 1.165) is 11.3 Å². The van der Waals surface area contributed by atoms with Crippen molar-refractivity contribution >= 4 is 17.5 Å². The molecule has 0 saturated heterocycles. The standard InChI is InChI=1S/C23H29N3O3/c1-16-6-11-21(14-17(16)2)29-15-22(27)25-18(3)12-13-24-23(28)19-7-9-20(10-8-19)26(4)5/h6-11,14H,3,12-13,15H2,1-2,4-5H3,(H,24,28)(H,25,27). The molecule has 2 amide bonds. The van der Waals surface area contributed by atoms with Crippen LogP contribution in [0.2, 0.25) is 0 Å². The Morgan fingerprint density at radius 1 is 1.03 bits per heavy atom. The molecule has 29 heavy (non-hydrogen) atoms. The number of amides is 2. The van der Waals surface area contributed by atoms with E-state index in [2.05, 4.69) is 17.2 Å². The minimum Gasteiger partial charge on any atom is -0.484 e. The Morgan fingerprint density at radius 3 is 2.34 bits per heavy atom. The van der Waals surface area contributed by atoms with Gasteiger partial charge in [-0.2, -0.15) is 0 Å². The SMILES string of the molecule is C=C(CCNC(=O)c1ccc(N(C)C)cc1)NC(=O)COc1ccc(C)c(C)c1. The van der Waals surface area contributed by atoms with Crippen LogP contribution in [0.4, 0.5) is 5.69 Å². The highest BCUT2D eigenvalue weighted by atomic mass is 16.5. The Morgan fingerprint density at radius 2 is 1.72 bits per heavy atom. The fourth-order valence-corrected chi connectivity index (χ4v) is 2.59. The van der Waals surface area contributed by atoms with Crippen molar-refractivity contribution in [3.8, 4) is 5.75 Å². The number of aryl methyl sites for hydroxylation is 2. The summed E-state index contributed by atoms with van der Waals surface area (Å²) in [5.74, 6) is 0.216. The predicted octanol–water partition coefficient (Wildman–Crippen LogP) is 3.20. The number of benzene rings is 2. The number of hydrogen-bond donors (Lipinski definition) is 2. The summed E-state index contributed by atoms with van der Waals surface area (Å²) in [6, 6.07) is 13.0. The lowest BCUT2D eigenvalue weighted by atomic mass is 10.1. The first-order valence-corrected chi connectivity index (χ1v) is 9.49. The van der Waals surface area contributed by atoms with Gasteiger partial charge in [0.2, 0.25) is 0 Å². The zero-order chi connectivity index (χ0) is 21.4. The highest BCUT2D eigenvalue weighted by Crippen LogP contribution is 2.16. The lowest BCUT2D eigenvalue weighted by molar-refractivity contribution is -0.122. The zero-order valence-electron chi connectivity index (χ0n) is 17.5. The quantitative estimate of drug-likeness (QED) is 0.684. The summed E-state index contributed by atoms with van der Waals surface area (Å²) in [4.78, 5) is 26.1. The Balaban J connectivity index is 1.69. The minimum atomic E-state index is -0.279.